The van der Waals surface area contributed by atoms with E-state index < -0.39 is 33.8 Å². The topological polar surface area (TPSA) is 85.0 Å². The van der Waals surface area contributed by atoms with E-state index in [0.717, 1.165) is 12.1 Å². The minimum Gasteiger partial charge on any atom is -0.207 e. The van der Waals surface area contributed by atoms with Gasteiger partial charge in [-0.1, -0.05) is 15.9 Å². The summed E-state index contributed by atoms with van der Waals surface area (Å²) in [5.41, 5.74) is 0. The Labute approximate surface area is 112 Å². The molecule has 0 radical (unpaired) electrons. The molecule has 0 aromatic heterocycles. The molecule has 1 rings (SSSR count). The molecule has 0 aliphatic rings. The zero-order valence-corrected chi connectivity index (χ0v) is 11.4. The Bertz CT molecular complexity index is 618. The summed E-state index contributed by atoms with van der Waals surface area (Å²) in [6, 6.07) is 6.70. The van der Waals surface area contributed by atoms with Crippen LogP contribution in [0.2, 0.25) is 0 Å². The van der Waals surface area contributed by atoms with E-state index >= 15 is 0 Å². The maximum Gasteiger partial charge on any atom is 0.247 e. The van der Waals surface area contributed by atoms with Crippen molar-refractivity contribution in [2.75, 3.05) is 13.1 Å². The second-order valence-electron chi connectivity index (χ2n) is 3.16. The van der Waals surface area contributed by atoms with Crippen molar-refractivity contribution in [3.63, 3.8) is 0 Å². The molecular weight excluding hydrogens is 325 g/mol. The van der Waals surface area contributed by atoms with E-state index in [0.29, 0.717) is 8.78 Å². The van der Waals surface area contributed by atoms with Gasteiger partial charge < -0.3 is 0 Å². The lowest BCUT2D eigenvalue weighted by Gasteiger charge is -2.16. The van der Waals surface area contributed by atoms with Crippen LogP contribution in [0.1, 0.15) is 0 Å². The highest BCUT2D eigenvalue weighted by molar-refractivity contribution is 9.10. The lowest BCUT2D eigenvalue weighted by Crippen LogP contribution is -2.32. The molecule has 0 fully saturated rings. The quantitative estimate of drug-likeness (QED) is 0.784. The first-order valence-corrected chi connectivity index (χ1v) is 6.86. The molecule has 0 saturated carbocycles. The van der Waals surface area contributed by atoms with Crippen LogP contribution in [0.15, 0.2) is 27.6 Å². The number of hydrogen-bond donors (Lipinski definition) is 0. The lowest BCUT2D eigenvalue weighted by atomic mass is 10.3. The van der Waals surface area contributed by atoms with Crippen molar-refractivity contribution >= 4 is 26.0 Å². The molecule has 18 heavy (non-hydrogen) atoms. The molecule has 94 valence electrons. The molecule has 0 amide bonds. The molecule has 0 N–H and O–H groups in total. The number of sulfonamides is 1. The third-order valence-electron chi connectivity index (χ3n) is 2.01. The van der Waals surface area contributed by atoms with E-state index in [1.165, 1.54) is 6.07 Å². The van der Waals surface area contributed by atoms with Crippen LogP contribution in [0.25, 0.3) is 0 Å². The predicted molar refractivity (Wildman–Crippen MR) is 64.1 cm³/mol. The first-order valence-electron chi connectivity index (χ1n) is 4.62. The molecule has 1 aromatic carbocycles. The average molecular weight is 332 g/mol. The zero-order chi connectivity index (χ0) is 13.8. The maximum absolute atomic E-state index is 13.6. The fourth-order valence-corrected chi connectivity index (χ4v) is 2.82. The highest BCUT2D eigenvalue weighted by Crippen LogP contribution is 2.22. The van der Waals surface area contributed by atoms with Gasteiger partial charge in [0.05, 0.1) is 12.1 Å². The molecule has 0 atom stereocenters. The summed E-state index contributed by atoms with van der Waals surface area (Å²) in [5, 5.41) is 17.0. The summed E-state index contributed by atoms with van der Waals surface area (Å²) in [6.07, 6.45) is 0. The van der Waals surface area contributed by atoms with Crippen molar-refractivity contribution in [3.05, 3.63) is 28.5 Å². The van der Waals surface area contributed by atoms with Crippen LogP contribution in [0.4, 0.5) is 4.39 Å². The molecule has 0 aliphatic carbocycles. The Morgan fingerprint density at radius 1 is 1.28 bits per heavy atom. The standard InChI is InChI=1S/C10H7BrFN3O2S/c11-8-1-2-10(9(12)7-8)18(16,17)15(5-3-13)6-4-14/h1-2,7H,5-6H2. The minimum atomic E-state index is -4.18. The van der Waals surface area contributed by atoms with Gasteiger partial charge >= 0.3 is 0 Å². The van der Waals surface area contributed by atoms with Gasteiger partial charge in [0.15, 0.2) is 0 Å². The van der Waals surface area contributed by atoms with Crippen LogP contribution in [0.5, 0.6) is 0 Å². The van der Waals surface area contributed by atoms with E-state index in [1.54, 1.807) is 12.1 Å². The van der Waals surface area contributed by atoms with Gasteiger partial charge in [0.25, 0.3) is 0 Å². The van der Waals surface area contributed by atoms with E-state index in [9.17, 15) is 12.8 Å². The summed E-state index contributed by atoms with van der Waals surface area (Å²) < 4.78 is 38.6. The predicted octanol–water partition coefficient (Wildman–Crippen LogP) is 1.63. The first kappa shape index (κ1) is 14.6. The monoisotopic (exact) mass is 331 g/mol. The van der Waals surface area contributed by atoms with Gasteiger partial charge in [-0.25, -0.2) is 12.8 Å². The average Bonchev–Trinajstić information content (AvgIpc) is 2.28. The molecule has 0 bridgehead atoms. The van der Waals surface area contributed by atoms with Crippen molar-refractivity contribution in [3.8, 4) is 12.1 Å². The van der Waals surface area contributed by atoms with Crippen molar-refractivity contribution < 1.29 is 12.8 Å². The fourth-order valence-electron chi connectivity index (χ4n) is 1.21. The Kier molecular flexibility index (Phi) is 4.79. The van der Waals surface area contributed by atoms with Crippen LogP contribution in [-0.4, -0.2) is 25.8 Å². The minimum absolute atomic E-state index is 0.395. The third kappa shape index (κ3) is 3.05. The lowest BCUT2D eigenvalue weighted by molar-refractivity contribution is 0.471. The Hall–Kier alpha value is -1.48. The van der Waals surface area contributed by atoms with E-state index in [4.69, 9.17) is 10.5 Å². The normalized spacial score (nSPS) is 10.9. The molecule has 8 heteroatoms. The van der Waals surface area contributed by atoms with E-state index in [2.05, 4.69) is 15.9 Å². The zero-order valence-electron chi connectivity index (χ0n) is 8.97. The summed E-state index contributed by atoms with van der Waals surface area (Å²) in [5.74, 6) is -0.940. The molecule has 5 nitrogen and oxygen atoms in total. The fraction of sp³-hybridized carbons (Fsp3) is 0.200. The van der Waals surface area contributed by atoms with Crippen molar-refractivity contribution in [2.45, 2.75) is 4.90 Å². The van der Waals surface area contributed by atoms with Crippen LogP contribution in [0.3, 0.4) is 0 Å². The number of nitriles is 2. The number of rotatable bonds is 4. The van der Waals surface area contributed by atoms with Gasteiger partial charge in [0, 0.05) is 4.47 Å². The molecule has 0 aliphatic heterocycles. The number of hydrogen-bond acceptors (Lipinski definition) is 4. The number of benzene rings is 1. The summed E-state index contributed by atoms with van der Waals surface area (Å²) >= 11 is 3.01. The van der Waals surface area contributed by atoms with Gasteiger partial charge in [0.2, 0.25) is 10.0 Å². The second kappa shape index (κ2) is 5.91. The van der Waals surface area contributed by atoms with Gasteiger partial charge in [-0.15, -0.1) is 0 Å². The van der Waals surface area contributed by atoms with Crippen LogP contribution in [-0.2, 0) is 10.0 Å². The summed E-state index contributed by atoms with van der Waals surface area (Å²) in [7, 11) is -4.18. The molecule has 0 heterocycles. The molecule has 1 aromatic rings. The highest BCUT2D eigenvalue weighted by Gasteiger charge is 2.27. The maximum atomic E-state index is 13.6. The Balaban J connectivity index is 3.28. The van der Waals surface area contributed by atoms with Crippen LogP contribution < -0.4 is 0 Å². The molecule has 0 spiro atoms. The van der Waals surface area contributed by atoms with Gasteiger partial charge in [-0.05, 0) is 18.2 Å². The van der Waals surface area contributed by atoms with Gasteiger partial charge in [-0.3, -0.25) is 0 Å². The number of nitrogens with zero attached hydrogens (tertiary/aromatic N) is 3. The first-order chi connectivity index (χ1) is 8.43. The smallest absolute Gasteiger partial charge is 0.207 e. The van der Waals surface area contributed by atoms with E-state index in [-0.39, 0.29) is 0 Å². The molecular formula is C10H7BrFN3O2S. The summed E-state index contributed by atoms with van der Waals surface area (Å²) in [4.78, 5) is -0.559. The SMILES string of the molecule is N#CCN(CC#N)S(=O)(=O)c1ccc(Br)cc1F. The second-order valence-corrected chi connectivity index (χ2v) is 5.99. The third-order valence-corrected chi connectivity index (χ3v) is 4.32. The van der Waals surface area contributed by atoms with Crippen LogP contribution in [0, 0.1) is 28.5 Å². The Morgan fingerprint density at radius 3 is 2.28 bits per heavy atom. The van der Waals surface area contributed by atoms with Crippen molar-refractivity contribution in [1.29, 1.82) is 10.5 Å². The summed E-state index contributed by atoms with van der Waals surface area (Å²) in [6.45, 7) is -1.02. The molecule has 0 saturated heterocycles. The van der Waals surface area contributed by atoms with Gasteiger partial charge in [-0.2, -0.15) is 14.8 Å². The van der Waals surface area contributed by atoms with Crippen molar-refractivity contribution in [2.24, 2.45) is 0 Å². The highest BCUT2D eigenvalue weighted by atomic mass is 79.9. The van der Waals surface area contributed by atoms with Gasteiger partial charge in [0.1, 0.15) is 23.8 Å². The number of halogens is 2. The van der Waals surface area contributed by atoms with Crippen LogP contribution >= 0.6 is 15.9 Å². The molecule has 0 unspecified atom stereocenters. The largest absolute Gasteiger partial charge is 0.247 e. The Morgan fingerprint density at radius 2 is 1.83 bits per heavy atom. The van der Waals surface area contributed by atoms with E-state index in [1.807, 2.05) is 0 Å². The van der Waals surface area contributed by atoms with Crippen molar-refractivity contribution in [1.82, 2.24) is 4.31 Å².